The molecule has 0 aliphatic rings. The molecule has 0 atom stereocenters. The summed E-state index contributed by atoms with van der Waals surface area (Å²) >= 11 is 0. The molecule has 0 bridgehead atoms. The van der Waals surface area contributed by atoms with Crippen LogP contribution in [-0.2, 0) is 16.0 Å². The number of nitrogens with one attached hydrogen (secondary N) is 1. The van der Waals surface area contributed by atoms with E-state index in [0.717, 1.165) is 33.7 Å². The molecule has 2 aromatic rings. The van der Waals surface area contributed by atoms with E-state index < -0.39 is 0 Å². The van der Waals surface area contributed by atoms with Crippen molar-refractivity contribution in [1.29, 1.82) is 0 Å². The number of hydrogen-bond acceptors (Lipinski definition) is 3. The Morgan fingerprint density at radius 2 is 1.74 bits per heavy atom. The van der Waals surface area contributed by atoms with Gasteiger partial charge in [-0.3, -0.25) is 9.59 Å². The van der Waals surface area contributed by atoms with Gasteiger partial charge in [0.25, 0.3) is 0 Å². The van der Waals surface area contributed by atoms with Crippen molar-refractivity contribution in [3.8, 4) is 5.75 Å². The van der Waals surface area contributed by atoms with Crippen molar-refractivity contribution < 1.29 is 14.3 Å². The van der Waals surface area contributed by atoms with Crippen LogP contribution in [0.5, 0.6) is 5.75 Å². The Bertz CT molecular complexity index is 807. The summed E-state index contributed by atoms with van der Waals surface area (Å²) in [6, 6.07) is 11.8. The van der Waals surface area contributed by atoms with Crippen LogP contribution in [0, 0.1) is 20.8 Å². The first-order valence-electron chi connectivity index (χ1n) is 9.06. The second-order valence-electron chi connectivity index (χ2n) is 6.86. The molecule has 2 rings (SSSR count). The Morgan fingerprint density at radius 1 is 1.07 bits per heavy atom. The number of anilines is 1. The molecule has 0 heterocycles. The Kier molecular flexibility index (Phi) is 6.99. The van der Waals surface area contributed by atoms with Gasteiger partial charge < -0.3 is 15.0 Å². The molecule has 2 aromatic carbocycles. The summed E-state index contributed by atoms with van der Waals surface area (Å²) < 4.78 is 5.23. The average molecular weight is 368 g/mol. The number of rotatable bonds is 7. The Morgan fingerprint density at radius 3 is 2.33 bits per heavy atom. The molecule has 5 nitrogen and oxygen atoms in total. The van der Waals surface area contributed by atoms with Crippen LogP contribution in [0.4, 0.5) is 5.69 Å². The molecule has 5 heteroatoms. The molecule has 0 unspecified atom stereocenters. The maximum Gasteiger partial charge on any atom is 0.244 e. The molecule has 2 amide bonds. The van der Waals surface area contributed by atoms with Crippen LogP contribution in [0.3, 0.4) is 0 Å². The van der Waals surface area contributed by atoms with Gasteiger partial charge in [-0.25, -0.2) is 0 Å². The van der Waals surface area contributed by atoms with Crippen LogP contribution in [-0.4, -0.2) is 36.9 Å². The van der Waals surface area contributed by atoms with Gasteiger partial charge in [-0.2, -0.15) is 0 Å². The lowest BCUT2D eigenvalue weighted by atomic mass is 10.1. The zero-order valence-electron chi connectivity index (χ0n) is 16.8. The van der Waals surface area contributed by atoms with Crippen molar-refractivity contribution >= 4 is 17.5 Å². The van der Waals surface area contributed by atoms with Crippen molar-refractivity contribution in [1.82, 2.24) is 4.90 Å². The lowest BCUT2D eigenvalue weighted by molar-refractivity contribution is -0.132. The number of aryl methyl sites for hydroxylation is 3. The first-order chi connectivity index (χ1) is 12.8. The fourth-order valence-corrected chi connectivity index (χ4v) is 3.17. The smallest absolute Gasteiger partial charge is 0.244 e. The lowest BCUT2D eigenvalue weighted by Gasteiger charge is -2.21. The Balaban J connectivity index is 2.01. The molecule has 1 N–H and O–H groups in total. The summed E-state index contributed by atoms with van der Waals surface area (Å²) in [5, 5.41) is 2.95. The van der Waals surface area contributed by atoms with Gasteiger partial charge in [-0.05, 0) is 56.0 Å². The molecule has 27 heavy (non-hydrogen) atoms. The zero-order chi connectivity index (χ0) is 20.0. The van der Waals surface area contributed by atoms with Crippen molar-refractivity contribution in [2.24, 2.45) is 0 Å². The largest absolute Gasteiger partial charge is 0.497 e. The van der Waals surface area contributed by atoms with E-state index in [4.69, 9.17) is 4.74 Å². The molecule has 0 aliphatic carbocycles. The van der Waals surface area contributed by atoms with Gasteiger partial charge in [0.05, 0.1) is 13.7 Å². The summed E-state index contributed by atoms with van der Waals surface area (Å²) in [6.07, 6.45) is 0.659. The number of nitrogens with zero attached hydrogens (tertiary/aromatic N) is 1. The molecular weight excluding hydrogens is 340 g/mol. The average Bonchev–Trinajstić information content (AvgIpc) is 2.61. The van der Waals surface area contributed by atoms with Crippen LogP contribution >= 0.6 is 0 Å². The lowest BCUT2D eigenvalue weighted by Crippen LogP contribution is -2.38. The molecule has 144 valence electrons. The van der Waals surface area contributed by atoms with E-state index in [1.807, 2.05) is 57.2 Å². The van der Waals surface area contributed by atoms with E-state index in [1.54, 1.807) is 12.0 Å². The summed E-state index contributed by atoms with van der Waals surface area (Å²) in [5.74, 6) is 0.473. The Labute approximate surface area is 161 Å². The number of benzene rings is 2. The highest BCUT2D eigenvalue weighted by Crippen LogP contribution is 2.22. The van der Waals surface area contributed by atoms with Crippen LogP contribution in [0.15, 0.2) is 36.4 Å². The van der Waals surface area contributed by atoms with Crippen LogP contribution in [0.1, 0.15) is 29.2 Å². The summed E-state index contributed by atoms with van der Waals surface area (Å²) in [6.45, 7) is 7.97. The van der Waals surface area contributed by atoms with Gasteiger partial charge in [0.2, 0.25) is 11.8 Å². The summed E-state index contributed by atoms with van der Waals surface area (Å²) in [5.41, 5.74) is 5.08. The third-order valence-electron chi connectivity index (χ3n) is 4.53. The molecular formula is C22H28N2O3. The van der Waals surface area contributed by atoms with E-state index in [-0.39, 0.29) is 18.4 Å². The minimum absolute atomic E-state index is 0.0338. The van der Waals surface area contributed by atoms with Gasteiger partial charge in [0.1, 0.15) is 5.75 Å². The van der Waals surface area contributed by atoms with E-state index in [2.05, 4.69) is 5.32 Å². The topological polar surface area (TPSA) is 58.6 Å². The first kappa shape index (κ1) is 20.5. The van der Waals surface area contributed by atoms with Gasteiger partial charge in [-0.1, -0.05) is 29.8 Å². The summed E-state index contributed by atoms with van der Waals surface area (Å²) in [4.78, 5) is 26.0. The quantitative estimate of drug-likeness (QED) is 0.811. The Hall–Kier alpha value is -2.82. The van der Waals surface area contributed by atoms with Gasteiger partial charge in [-0.15, -0.1) is 0 Å². The van der Waals surface area contributed by atoms with Crippen LogP contribution in [0.2, 0.25) is 0 Å². The SMILES string of the molecule is COc1cccc(CCN(CC(=O)Nc2c(C)cc(C)cc2C)C(C)=O)c1. The number of carbonyl (C=O) groups excluding carboxylic acids is 2. The predicted octanol–water partition coefficient (Wildman–Crippen LogP) is 3.65. The van der Waals surface area contributed by atoms with Crippen molar-refractivity contribution in [3.05, 3.63) is 58.7 Å². The van der Waals surface area contributed by atoms with Crippen LogP contribution < -0.4 is 10.1 Å². The molecule has 0 aliphatic heterocycles. The fraction of sp³-hybridized carbons (Fsp3) is 0.364. The van der Waals surface area contributed by atoms with E-state index in [0.29, 0.717) is 13.0 Å². The third kappa shape index (κ3) is 5.84. The maximum absolute atomic E-state index is 12.5. The minimum Gasteiger partial charge on any atom is -0.497 e. The third-order valence-corrected chi connectivity index (χ3v) is 4.53. The van der Waals surface area contributed by atoms with E-state index in [1.165, 1.54) is 6.92 Å². The highest BCUT2D eigenvalue weighted by molar-refractivity contribution is 5.95. The highest BCUT2D eigenvalue weighted by atomic mass is 16.5. The summed E-state index contributed by atoms with van der Waals surface area (Å²) in [7, 11) is 1.63. The standard InChI is InChI=1S/C22H28N2O3/c1-15-11-16(2)22(17(3)12-15)23-21(26)14-24(18(4)25)10-9-19-7-6-8-20(13-19)27-5/h6-8,11-13H,9-10,14H2,1-5H3,(H,23,26). The number of methoxy groups -OCH3 is 1. The fourth-order valence-electron chi connectivity index (χ4n) is 3.17. The van der Waals surface area contributed by atoms with Gasteiger partial charge >= 0.3 is 0 Å². The predicted molar refractivity (Wildman–Crippen MR) is 108 cm³/mol. The van der Waals surface area contributed by atoms with Crippen molar-refractivity contribution in [3.63, 3.8) is 0 Å². The number of amides is 2. The molecule has 0 radical (unpaired) electrons. The minimum atomic E-state index is -0.189. The molecule has 0 fully saturated rings. The zero-order valence-corrected chi connectivity index (χ0v) is 16.8. The second kappa shape index (κ2) is 9.21. The van der Waals surface area contributed by atoms with E-state index >= 15 is 0 Å². The molecule has 0 saturated carbocycles. The molecule has 0 saturated heterocycles. The number of hydrogen-bond donors (Lipinski definition) is 1. The van der Waals surface area contributed by atoms with Gasteiger partial charge in [0.15, 0.2) is 0 Å². The maximum atomic E-state index is 12.5. The highest BCUT2D eigenvalue weighted by Gasteiger charge is 2.15. The number of ether oxygens (including phenoxy) is 1. The van der Waals surface area contributed by atoms with Crippen molar-refractivity contribution in [2.75, 3.05) is 25.5 Å². The molecule has 0 spiro atoms. The second-order valence-corrected chi connectivity index (χ2v) is 6.86. The van der Waals surface area contributed by atoms with Crippen molar-refractivity contribution in [2.45, 2.75) is 34.1 Å². The van der Waals surface area contributed by atoms with E-state index in [9.17, 15) is 9.59 Å². The monoisotopic (exact) mass is 368 g/mol. The normalized spacial score (nSPS) is 10.4. The number of carbonyl (C=O) groups is 2. The first-order valence-corrected chi connectivity index (χ1v) is 9.06. The van der Waals surface area contributed by atoms with Crippen LogP contribution in [0.25, 0.3) is 0 Å². The molecule has 0 aromatic heterocycles. The van der Waals surface area contributed by atoms with Gasteiger partial charge in [0, 0.05) is 19.2 Å².